The molecule has 2 aromatic rings. The van der Waals surface area contributed by atoms with Gasteiger partial charge in [-0.3, -0.25) is 4.98 Å². The molecule has 0 aliphatic carbocycles. The van der Waals surface area contributed by atoms with Gasteiger partial charge in [0.2, 0.25) is 0 Å². The number of aryl methyl sites for hydroxylation is 1. The Morgan fingerprint density at radius 3 is 2.72 bits per heavy atom. The minimum Gasteiger partial charge on any atom is -0.456 e. The molecule has 2 heterocycles. The number of pyridine rings is 2. The van der Waals surface area contributed by atoms with Crippen LogP contribution in [-0.2, 0) is 11.3 Å². The van der Waals surface area contributed by atoms with Gasteiger partial charge in [-0.25, -0.2) is 9.78 Å². The summed E-state index contributed by atoms with van der Waals surface area (Å²) < 4.78 is 5.14. The van der Waals surface area contributed by atoms with Crippen LogP contribution >= 0.6 is 11.6 Å². The Bertz CT molecular complexity index is 558. The van der Waals surface area contributed by atoms with Crippen molar-refractivity contribution >= 4 is 17.6 Å². The zero-order chi connectivity index (χ0) is 13.0. The summed E-state index contributed by atoms with van der Waals surface area (Å²) >= 11 is 5.90. The van der Waals surface area contributed by atoms with Crippen molar-refractivity contribution in [1.29, 1.82) is 0 Å². The molecule has 92 valence electrons. The van der Waals surface area contributed by atoms with Crippen LogP contribution < -0.4 is 0 Å². The van der Waals surface area contributed by atoms with E-state index < -0.39 is 5.97 Å². The van der Waals surface area contributed by atoms with E-state index in [9.17, 15) is 4.79 Å². The van der Waals surface area contributed by atoms with E-state index in [0.717, 1.165) is 11.3 Å². The molecule has 0 N–H and O–H groups in total. The predicted molar refractivity (Wildman–Crippen MR) is 67.3 cm³/mol. The third kappa shape index (κ3) is 3.05. The van der Waals surface area contributed by atoms with Crippen LogP contribution in [0.5, 0.6) is 0 Å². The molecule has 5 heteroatoms. The fraction of sp³-hybridized carbons (Fsp3) is 0.154. The maximum Gasteiger partial charge on any atom is 0.358 e. The minimum atomic E-state index is -0.527. The second-order valence-corrected chi connectivity index (χ2v) is 4.12. The first-order chi connectivity index (χ1) is 8.66. The van der Waals surface area contributed by atoms with Crippen LogP contribution in [0.15, 0.2) is 36.7 Å². The van der Waals surface area contributed by atoms with Gasteiger partial charge in [0.15, 0.2) is 5.69 Å². The first-order valence-electron chi connectivity index (χ1n) is 5.36. The van der Waals surface area contributed by atoms with E-state index in [1.807, 2.05) is 0 Å². The highest BCUT2D eigenvalue weighted by atomic mass is 35.5. The lowest BCUT2D eigenvalue weighted by atomic mass is 10.3. The first kappa shape index (κ1) is 12.5. The predicted octanol–water partition coefficient (Wildman–Crippen LogP) is 2.80. The highest BCUT2D eigenvalue weighted by molar-refractivity contribution is 6.33. The highest BCUT2D eigenvalue weighted by Gasteiger charge is 2.13. The quantitative estimate of drug-likeness (QED) is 0.798. The summed E-state index contributed by atoms with van der Waals surface area (Å²) in [5.74, 6) is -0.527. The lowest BCUT2D eigenvalue weighted by Crippen LogP contribution is -2.09. The number of nitrogens with zero attached hydrogens (tertiary/aromatic N) is 2. The lowest BCUT2D eigenvalue weighted by molar-refractivity contribution is 0.0465. The number of hydrogen-bond acceptors (Lipinski definition) is 4. The van der Waals surface area contributed by atoms with Crippen molar-refractivity contribution in [2.75, 3.05) is 0 Å². The largest absolute Gasteiger partial charge is 0.456 e. The molecule has 0 aromatic carbocycles. The van der Waals surface area contributed by atoms with Crippen molar-refractivity contribution in [1.82, 2.24) is 9.97 Å². The molecule has 0 atom stereocenters. The van der Waals surface area contributed by atoms with Crippen LogP contribution in [0.3, 0.4) is 0 Å². The molecule has 2 rings (SSSR count). The second kappa shape index (κ2) is 5.60. The molecule has 0 saturated heterocycles. The number of rotatable bonds is 3. The maximum atomic E-state index is 11.8. The zero-order valence-electron chi connectivity index (χ0n) is 9.76. The van der Waals surface area contributed by atoms with E-state index in [1.54, 1.807) is 43.6 Å². The van der Waals surface area contributed by atoms with Crippen LogP contribution in [0.2, 0.25) is 5.02 Å². The Morgan fingerprint density at radius 2 is 2.00 bits per heavy atom. The molecule has 2 aromatic heterocycles. The van der Waals surface area contributed by atoms with E-state index in [2.05, 4.69) is 9.97 Å². The van der Waals surface area contributed by atoms with Crippen LogP contribution in [0.4, 0.5) is 0 Å². The molecule has 0 aliphatic rings. The molecule has 0 aliphatic heterocycles. The Labute approximate surface area is 110 Å². The Balaban J connectivity index is 2.06. The minimum absolute atomic E-state index is 0.144. The second-order valence-electron chi connectivity index (χ2n) is 3.71. The fourth-order valence-corrected chi connectivity index (χ4v) is 1.56. The fourth-order valence-electron chi connectivity index (χ4n) is 1.38. The van der Waals surface area contributed by atoms with Crippen molar-refractivity contribution in [2.45, 2.75) is 13.5 Å². The lowest BCUT2D eigenvalue weighted by Gasteiger charge is -2.06. The molecule has 0 bridgehead atoms. The van der Waals surface area contributed by atoms with Gasteiger partial charge in [0.05, 0.1) is 5.02 Å². The zero-order valence-corrected chi connectivity index (χ0v) is 10.5. The Kier molecular flexibility index (Phi) is 3.89. The van der Waals surface area contributed by atoms with Gasteiger partial charge in [-0.15, -0.1) is 0 Å². The van der Waals surface area contributed by atoms with Crippen molar-refractivity contribution in [2.24, 2.45) is 0 Å². The number of hydrogen-bond donors (Lipinski definition) is 0. The molecule has 0 amide bonds. The summed E-state index contributed by atoms with van der Waals surface area (Å²) in [7, 11) is 0. The van der Waals surface area contributed by atoms with E-state index in [4.69, 9.17) is 16.3 Å². The van der Waals surface area contributed by atoms with Gasteiger partial charge in [-0.1, -0.05) is 11.6 Å². The average molecular weight is 263 g/mol. The number of esters is 1. The van der Waals surface area contributed by atoms with E-state index in [0.29, 0.717) is 5.02 Å². The highest BCUT2D eigenvalue weighted by Crippen LogP contribution is 2.15. The molecular weight excluding hydrogens is 252 g/mol. The van der Waals surface area contributed by atoms with Crippen LogP contribution in [-0.4, -0.2) is 15.9 Å². The number of carbonyl (C=O) groups is 1. The third-order valence-electron chi connectivity index (χ3n) is 2.30. The normalized spacial score (nSPS) is 10.1. The van der Waals surface area contributed by atoms with Gasteiger partial charge in [0.25, 0.3) is 0 Å². The number of ether oxygens (including phenoxy) is 1. The molecule has 0 unspecified atom stereocenters. The van der Waals surface area contributed by atoms with E-state index in [1.165, 1.54) is 0 Å². The first-order valence-corrected chi connectivity index (χ1v) is 5.74. The maximum absolute atomic E-state index is 11.8. The van der Waals surface area contributed by atoms with Crippen LogP contribution in [0.25, 0.3) is 0 Å². The molecule has 0 radical (unpaired) electrons. The van der Waals surface area contributed by atoms with Crippen molar-refractivity contribution < 1.29 is 9.53 Å². The van der Waals surface area contributed by atoms with Gasteiger partial charge in [0.1, 0.15) is 6.61 Å². The molecule has 0 fully saturated rings. The van der Waals surface area contributed by atoms with Crippen molar-refractivity contribution in [3.63, 3.8) is 0 Å². The van der Waals surface area contributed by atoms with Gasteiger partial charge >= 0.3 is 5.97 Å². The van der Waals surface area contributed by atoms with E-state index in [-0.39, 0.29) is 12.3 Å². The summed E-state index contributed by atoms with van der Waals surface area (Å²) in [6.07, 6.45) is 3.28. The molecule has 18 heavy (non-hydrogen) atoms. The molecular formula is C13H11ClN2O2. The average Bonchev–Trinajstić information content (AvgIpc) is 2.40. The number of halogens is 1. The molecule has 0 spiro atoms. The van der Waals surface area contributed by atoms with Gasteiger partial charge < -0.3 is 4.74 Å². The summed E-state index contributed by atoms with van der Waals surface area (Å²) in [6, 6.07) is 6.92. The smallest absolute Gasteiger partial charge is 0.358 e. The number of aromatic nitrogens is 2. The van der Waals surface area contributed by atoms with Crippen LogP contribution in [0.1, 0.15) is 21.7 Å². The Morgan fingerprint density at radius 1 is 1.28 bits per heavy atom. The Hall–Kier alpha value is -1.94. The SMILES string of the molecule is Cc1ccc(Cl)c(C(=O)OCc2ccncc2)n1. The van der Waals surface area contributed by atoms with Crippen molar-refractivity contribution in [3.05, 3.63) is 58.6 Å². The summed E-state index contributed by atoms with van der Waals surface area (Å²) in [5.41, 5.74) is 1.73. The van der Waals surface area contributed by atoms with Crippen molar-refractivity contribution in [3.8, 4) is 0 Å². The van der Waals surface area contributed by atoms with Gasteiger partial charge in [0, 0.05) is 18.1 Å². The summed E-state index contributed by atoms with van der Waals surface area (Å²) in [5, 5.41) is 0.292. The molecule has 4 nitrogen and oxygen atoms in total. The topological polar surface area (TPSA) is 52.1 Å². The van der Waals surface area contributed by atoms with Gasteiger partial charge in [-0.2, -0.15) is 0 Å². The summed E-state index contributed by atoms with van der Waals surface area (Å²) in [6.45, 7) is 1.96. The standard InChI is InChI=1S/C13H11ClN2O2/c1-9-2-3-11(14)12(16-9)13(17)18-8-10-4-6-15-7-5-10/h2-7H,8H2,1H3. The van der Waals surface area contributed by atoms with Gasteiger partial charge in [-0.05, 0) is 36.8 Å². The molecule has 0 saturated carbocycles. The van der Waals surface area contributed by atoms with Crippen LogP contribution in [0, 0.1) is 6.92 Å². The summed E-state index contributed by atoms with van der Waals surface area (Å²) in [4.78, 5) is 19.8. The van der Waals surface area contributed by atoms with E-state index >= 15 is 0 Å². The number of carbonyl (C=O) groups excluding carboxylic acids is 1. The third-order valence-corrected chi connectivity index (χ3v) is 2.60. The monoisotopic (exact) mass is 262 g/mol.